The van der Waals surface area contributed by atoms with Crippen LogP contribution in [0.15, 0.2) is 30.3 Å². The van der Waals surface area contributed by atoms with Crippen molar-refractivity contribution >= 4 is 29.0 Å². The molecule has 0 radical (unpaired) electrons. The summed E-state index contributed by atoms with van der Waals surface area (Å²) >= 11 is 11.4. The first-order valence-electron chi connectivity index (χ1n) is 6.14. The highest BCUT2D eigenvalue weighted by Gasteiger charge is 2.31. The maximum absolute atomic E-state index is 14.1. The molecule has 24 heavy (non-hydrogen) atoms. The smallest absolute Gasteiger partial charge is 0.456 e. The number of nitrogens with two attached hydrogens (primary N) is 1. The second-order valence-electron chi connectivity index (χ2n) is 4.39. The van der Waals surface area contributed by atoms with Crippen LogP contribution < -0.4 is 15.2 Å². The van der Waals surface area contributed by atoms with Crippen LogP contribution in [0.1, 0.15) is 5.56 Å². The average molecular weight is 383 g/mol. The van der Waals surface area contributed by atoms with Crippen molar-refractivity contribution in [3.63, 3.8) is 0 Å². The SMILES string of the molecule is N=C(N)c1c(Oc2ccc(OC(F)(F)F)cc2)cc(Cl)c(Cl)c1F. The van der Waals surface area contributed by atoms with E-state index in [9.17, 15) is 17.6 Å². The van der Waals surface area contributed by atoms with Gasteiger partial charge in [0.2, 0.25) is 0 Å². The zero-order chi connectivity index (χ0) is 18.1. The molecule has 0 amide bonds. The number of nitrogens with one attached hydrogen (secondary N) is 1. The maximum atomic E-state index is 14.1. The number of rotatable bonds is 4. The van der Waals surface area contributed by atoms with Crippen LogP contribution in [0.4, 0.5) is 17.6 Å². The topological polar surface area (TPSA) is 68.3 Å². The molecule has 0 fully saturated rings. The minimum Gasteiger partial charge on any atom is -0.456 e. The van der Waals surface area contributed by atoms with E-state index in [0.717, 1.165) is 30.3 Å². The second kappa shape index (κ2) is 6.74. The monoisotopic (exact) mass is 382 g/mol. The molecule has 0 spiro atoms. The van der Waals surface area contributed by atoms with Gasteiger partial charge in [-0.25, -0.2) is 4.39 Å². The molecule has 3 N–H and O–H groups in total. The van der Waals surface area contributed by atoms with E-state index >= 15 is 0 Å². The van der Waals surface area contributed by atoms with Crippen LogP contribution in [0.2, 0.25) is 10.0 Å². The Kier molecular flexibility index (Phi) is 5.10. The summed E-state index contributed by atoms with van der Waals surface area (Å²) < 4.78 is 59.4. The molecule has 0 aliphatic carbocycles. The van der Waals surface area contributed by atoms with Crippen LogP contribution >= 0.6 is 23.2 Å². The standard InChI is InChI=1S/C14H8Cl2F4N2O2/c15-8-5-9(10(13(21)22)12(17)11(8)16)23-6-1-3-7(4-2-6)24-14(18,19)20/h1-5H,(H3,21,22). The maximum Gasteiger partial charge on any atom is 0.573 e. The van der Waals surface area contributed by atoms with Gasteiger partial charge in [0.05, 0.1) is 15.6 Å². The predicted molar refractivity (Wildman–Crippen MR) is 80.6 cm³/mol. The van der Waals surface area contributed by atoms with Crippen molar-refractivity contribution in [3.8, 4) is 17.2 Å². The Morgan fingerprint density at radius 3 is 2.12 bits per heavy atom. The van der Waals surface area contributed by atoms with Gasteiger partial charge in [-0.05, 0) is 24.3 Å². The third kappa shape index (κ3) is 4.21. The third-order valence-corrected chi connectivity index (χ3v) is 3.44. The highest BCUT2D eigenvalue weighted by Crippen LogP contribution is 2.36. The molecular weight excluding hydrogens is 375 g/mol. The first-order valence-corrected chi connectivity index (χ1v) is 6.89. The van der Waals surface area contributed by atoms with Crippen molar-refractivity contribution in [1.29, 1.82) is 5.41 Å². The summed E-state index contributed by atoms with van der Waals surface area (Å²) in [5.74, 6) is -2.31. The minimum atomic E-state index is -4.82. The van der Waals surface area contributed by atoms with Gasteiger partial charge < -0.3 is 15.2 Å². The summed E-state index contributed by atoms with van der Waals surface area (Å²) in [5.41, 5.74) is 4.88. The van der Waals surface area contributed by atoms with E-state index in [4.69, 9.17) is 39.1 Å². The zero-order valence-electron chi connectivity index (χ0n) is 11.5. The van der Waals surface area contributed by atoms with E-state index in [2.05, 4.69) is 4.74 Å². The molecule has 0 atom stereocenters. The second-order valence-corrected chi connectivity index (χ2v) is 5.18. The summed E-state index contributed by atoms with van der Waals surface area (Å²) in [5, 5.41) is 6.79. The Hall–Kier alpha value is -2.19. The van der Waals surface area contributed by atoms with Gasteiger partial charge in [-0.1, -0.05) is 23.2 Å². The van der Waals surface area contributed by atoms with Crippen molar-refractivity contribution in [3.05, 3.63) is 51.8 Å². The van der Waals surface area contributed by atoms with E-state index in [-0.39, 0.29) is 16.5 Å². The summed E-state index contributed by atoms with van der Waals surface area (Å²) in [4.78, 5) is 0. The summed E-state index contributed by atoms with van der Waals surface area (Å²) in [7, 11) is 0. The Bertz CT molecular complexity index is 780. The number of ether oxygens (including phenoxy) is 2. The number of hydrogen-bond donors (Lipinski definition) is 2. The van der Waals surface area contributed by atoms with Crippen LogP contribution in [-0.4, -0.2) is 12.2 Å². The van der Waals surface area contributed by atoms with Gasteiger partial charge in [0, 0.05) is 6.07 Å². The van der Waals surface area contributed by atoms with Gasteiger partial charge in [0.1, 0.15) is 23.1 Å². The summed E-state index contributed by atoms with van der Waals surface area (Å²) in [6, 6.07) is 5.47. The fourth-order valence-electron chi connectivity index (χ4n) is 1.74. The minimum absolute atomic E-state index is 0.0461. The largest absolute Gasteiger partial charge is 0.573 e. The molecule has 2 rings (SSSR count). The van der Waals surface area contributed by atoms with Crippen molar-refractivity contribution in [2.24, 2.45) is 5.73 Å². The molecule has 2 aromatic carbocycles. The summed E-state index contributed by atoms with van der Waals surface area (Å²) in [6.45, 7) is 0. The van der Waals surface area contributed by atoms with E-state index in [1.807, 2.05) is 0 Å². The third-order valence-electron chi connectivity index (χ3n) is 2.68. The molecule has 2 aromatic rings. The molecule has 0 unspecified atom stereocenters. The lowest BCUT2D eigenvalue weighted by Gasteiger charge is -2.14. The highest BCUT2D eigenvalue weighted by atomic mass is 35.5. The molecule has 0 saturated heterocycles. The van der Waals surface area contributed by atoms with Crippen molar-refractivity contribution < 1.29 is 27.0 Å². The van der Waals surface area contributed by atoms with Crippen molar-refractivity contribution in [1.82, 2.24) is 0 Å². The Morgan fingerprint density at radius 2 is 1.62 bits per heavy atom. The van der Waals surface area contributed by atoms with Gasteiger partial charge in [-0.2, -0.15) is 0 Å². The molecule has 0 aliphatic rings. The molecule has 0 aromatic heterocycles. The van der Waals surface area contributed by atoms with Crippen LogP contribution in [0.25, 0.3) is 0 Å². The Labute approximate surface area is 143 Å². The number of benzene rings is 2. The fraction of sp³-hybridized carbons (Fsp3) is 0.0714. The van der Waals surface area contributed by atoms with Crippen LogP contribution in [0.3, 0.4) is 0 Å². The van der Waals surface area contributed by atoms with E-state index < -0.39 is 34.4 Å². The van der Waals surface area contributed by atoms with Gasteiger partial charge >= 0.3 is 6.36 Å². The van der Waals surface area contributed by atoms with Gasteiger partial charge in [-0.15, -0.1) is 13.2 Å². The lowest BCUT2D eigenvalue weighted by molar-refractivity contribution is -0.274. The number of nitrogen functional groups attached to an aromatic ring is 1. The highest BCUT2D eigenvalue weighted by molar-refractivity contribution is 6.42. The average Bonchev–Trinajstić information content (AvgIpc) is 2.45. The molecular formula is C14H8Cl2F4N2O2. The first kappa shape index (κ1) is 18.2. The van der Waals surface area contributed by atoms with E-state index in [0.29, 0.717) is 0 Å². The van der Waals surface area contributed by atoms with Crippen LogP contribution in [0.5, 0.6) is 17.2 Å². The number of amidine groups is 1. The molecule has 128 valence electrons. The molecule has 0 heterocycles. The predicted octanol–water partition coefficient (Wildman–Crippen LogP) is 5.11. The molecule has 4 nitrogen and oxygen atoms in total. The number of hydrogen-bond acceptors (Lipinski definition) is 3. The summed E-state index contributed by atoms with van der Waals surface area (Å²) in [6.07, 6.45) is -4.82. The lowest BCUT2D eigenvalue weighted by Crippen LogP contribution is -2.17. The molecule has 10 heteroatoms. The normalized spacial score (nSPS) is 11.2. The quantitative estimate of drug-likeness (QED) is 0.334. The lowest BCUT2D eigenvalue weighted by atomic mass is 10.1. The number of alkyl halides is 3. The molecule has 0 saturated carbocycles. The van der Waals surface area contributed by atoms with Gasteiger partial charge in [0.15, 0.2) is 5.82 Å². The van der Waals surface area contributed by atoms with Gasteiger partial charge in [0.25, 0.3) is 0 Å². The van der Waals surface area contributed by atoms with E-state index in [1.54, 1.807) is 0 Å². The Morgan fingerprint density at radius 1 is 1.08 bits per heavy atom. The van der Waals surface area contributed by atoms with E-state index in [1.165, 1.54) is 0 Å². The van der Waals surface area contributed by atoms with Crippen LogP contribution in [-0.2, 0) is 0 Å². The first-order chi connectivity index (χ1) is 11.1. The van der Waals surface area contributed by atoms with Crippen molar-refractivity contribution in [2.45, 2.75) is 6.36 Å². The zero-order valence-corrected chi connectivity index (χ0v) is 13.1. The van der Waals surface area contributed by atoms with Crippen molar-refractivity contribution in [2.75, 3.05) is 0 Å². The molecule has 0 bridgehead atoms. The fourth-order valence-corrected chi connectivity index (χ4v) is 2.07. The van der Waals surface area contributed by atoms with Crippen LogP contribution in [0, 0.1) is 11.2 Å². The molecule has 0 aliphatic heterocycles. The number of halogens is 6. The Balaban J connectivity index is 2.33. The van der Waals surface area contributed by atoms with Gasteiger partial charge in [-0.3, -0.25) is 5.41 Å².